The van der Waals surface area contributed by atoms with Crippen LogP contribution >= 0.6 is 0 Å². The number of aromatic nitrogens is 2. The molecule has 0 aliphatic carbocycles. The lowest BCUT2D eigenvalue weighted by molar-refractivity contribution is 0.593. The fraction of sp³-hybridized carbons (Fsp3) is 0.235. The lowest BCUT2D eigenvalue weighted by Gasteiger charge is -2.19. The molecule has 0 aliphatic rings. The van der Waals surface area contributed by atoms with Gasteiger partial charge in [0.25, 0.3) is 0 Å². The average Bonchev–Trinajstić information content (AvgIpc) is 2.97. The first-order valence-electron chi connectivity index (χ1n) is 7.01. The molecule has 3 nitrogen and oxygen atoms in total. The molecule has 0 saturated carbocycles. The molecule has 3 heteroatoms. The molecule has 0 bridgehead atoms. The highest BCUT2D eigenvalue weighted by molar-refractivity contribution is 5.86. The predicted octanol–water partition coefficient (Wildman–Crippen LogP) is 3.37. The minimum atomic E-state index is 0.107. The maximum absolute atomic E-state index is 4.54. The van der Waals surface area contributed by atoms with Crippen LogP contribution in [0.4, 0.5) is 0 Å². The van der Waals surface area contributed by atoms with Crippen LogP contribution in [-0.2, 0) is 6.54 Å². The molecule has 1 aromatic heterocycles. The van der Waals surface area contributed by atoms with E-state index in [4.69, 9.17) is 0 Å². The van der Waals surface area contributed by atoms with Gasteiger partial charge in [-0.2, -0.15) is 0 Å². The van der Waals surface area contributed by atoms with Crippen LogP contribution in [-0.4, -0.2) is 16.6 Å². The van der Waals surface area contributed by atoms with Crippen LogP contribution in [0.25, 0.3) is 10.8 Å². The Kier molecular flexibility index (Phi) is 3.52. The highest BCUT2D eigenvalue weighted by Gasteiger charge is 2.18. The van der Waals surface area contributed by atoms with E-state index in [0.717, 1.165) is 12.4 Å². The van der Waals surface area contributed by atoms with Crippen LogP contribution < -0.4 is 5.32 Å². The van der Waals surface area contributed by atoms with Crippen molar-refractivity contribution in [3.05, 3.63) is 66.2 Å². The summed E-state index contributed by atoms with van der Waals surface area (Å²) in [6.45, 7) is 3.07. The van der Waals surface area contributed by atoms with Crippen LogP contribution in [0.3, 0.4) is 0 Å². The summed E-state index contributed by atoms with van der Waals surface area (Å²) in [4.78, 5) is 4.54. The Labute approximate surface area is 119 Å². The largest absolute Gasteiger partial charge is 0.334 e. The van der Waals surface area contributed by atoms with E-state index < -0.39 is 0 Å². The van der Waals surface area contributed by atoms with Crippen molar-refractivity contribution in [1.29, 1.82) is 0 Å². The molecule has 1 atom stereocenters. The first kappa shape index (κ1) is 12.9. The fourth-order valence-electron chi connectivity index (χ4n) is 2.77. The summed E-state index contributed by atoms with van der Waals surface area (Å²) in [6, 6.07) is 15.0. The van der Waals surface area contributed by atoms with Crippen molar-refractivity contribution in [2.45, 2.75) is 19.5 Å². The van der Waals surface area contributed by atoms with Crippen molar-refractivity contribution in [3.63, 3.8) is 0 Å². The van der Waals surface area contributed by atoms with Crippen LogP contribution in [0.2, 0.25) is 0 Å². The quantitative estimate of drug-likeness (QED) is 0.784. The number of nitrogens with one attached hydrogen (secondary N) is 1. The minimum absolute atomic E-state index is 0.107. The summed E-state index contributed by atoms with van der Waals surface area (Å²) in [5.41, 5.74) is 1.27. The first-order chi connectivity index (χ1) is 9.85. The second kappa shape index (κ2) is 5.47. The van der Waals surface area contributed by atoms with Crippen LogP contribution in [0, 0.1) is 0 Å². The van der Waals surface area contributed by atoms with Gasteiger partial charge in [0, 0.05) is 18.9 Å². The summed E-state index contributed by atoms with van der Waals surface area (Å²) in [5, 5.41) is 5.95. The van der Waals surface area contributed by atoms with Gasteiger partial charge in [0.15, 0.2) is 0 Å². The van der Waals surface area contributed by atoms with Gasteiger partial charge in [-0.25, -0.2) is 4.98 Å². The van der Waals surface area contributed by atoms with Gasteiger partial charge in [-0.05, 0) is 30.3 Å². The second-order valence-electron chi connectivity index (χ2n) is 4.86. The van der Waals surface area contributed by atoms with Gasteiger partial charge in [-0.3, -0.25) is 0 Å². The SMILES string of the molecule is CCn1ccnc1C(NC)c1cccc2ccccc12. The molecule has 20 heavy (non-hydrogen) atoms. The van der Waals surface area contributed by atoms with Gasteiger partial charge in [-0.15, -0.1) is 0 Å². The van der Waals surface area contributed by atoms with E-state index >= 15 is 0 Å². The summed E-state index contributed by atoms with van der Waals surface area (Å²) in [6.07, 6.45) is 3.90. The third-order valence-corrected chi connectivity index (χ3v) is 3.77. The van der Waals surface area contributed by atoms with E-state index in [1.165, 1.54) is 16.3 Å². The fourth-order valence-corrected chi connectivity index (χ4v) is 2.77. The van der Waals surface area contributed by atoms with Crippen LogP contribution in [0.1, 0.15) is 24.4 Å². The van der Waals surface area contributed by atoms with Crippen molar-refractivity contribution in [3.8, 4) is 0 Å². The molecule has 0 fully saturated rings. The molecule has 2 aromatic carbocycles. The maximum Gasteiger partial charge on any atom is 0.130 e. The van der Waals surface area contributed by atoms with Gasteiger partial charge in [0.1, 0.15) is 5.82 Å². The highest BCUT2D eigenvalue weighted by Crippen LogP contribution is 2.27. The van der Waals surface area contributed by atoms with E-state index in [1.54, 1.807) is 0 Å². The average molecular weight is 265 g/mol. The van der Waals surface area contributed by atoms with Gasteiger partial charge in [-0.1, -0.05) is 42.5 Å². The number of rotatable bonds is 4. The Balaban J connectivity index is 2.17. The summed E-state index contributed by atoms with van der Waals surface area (Å²) in [5.74, 6) is 1.06. The van der Waals surface area contributed by atoms with E-state index in [0.29, 0.717) is 0 Å². The number of fused-ring (bicyclic) bond motifs is 1. The smallest absolute Gasteiger partial charge is 0.130 e. The second-order valence-corrected chi connectivity index (χ2v) is 4.86. The van der Waals surface area contributed by atoms with Gasteiger partial charge < -0.3 is 9.88 Å². The molecule has 1 unspecified atom stereocenters. The molecule has 0 aliphatic heterocycles. The molecule has 3 aromatic rings. The van der Waals surface area contributed by atoms with E-state index in [1.807, 2.05) is 19.4 Å². The number of imidazole rings is 1. The lowest BCUT2D eigenvalue weighted by Crippen LogP contribution is -2.22. The number of benzene rings is 2. The van der Waals surface area contributed by atoms with Gasteiger partial charge in [0.2, 0.25) is 0 Å². The molecule has 0 amide bonds. The van der Waals surface area contributed by atoms with E-state index in [-0.39, 0.29) is 6.04 Å². The Morgan fingerprint density at radius 2 is 1.95 bits per heavy atom. The van der Waals surface area contributed by atoms with Crippen molar-refractivity contribution in [2.24, 2.45) is 0 Å². The number of hydrogen-bond donors (Lipinski definition) is 1. The molecule has 1 heterocycles. The third-order valence-electron chi connectivity index (χ3n) is 3.77. The molecule has 0 radical (unpaired) electrons. The first-order valence-corrected chi connectivity index (χ1v) is 7.01. The predicted molar refractivity (Wildman–Crippen MR) is 82.8 cm³/mol. The molecule has 3 rings (SSSR count). The molecule has 102 valence electrons. The monoisotopic (exact) mass is 265 g/mol. The number of nitrogens with zero attached hydrogens (tertiary/aromatic N) is 2. The maximum atomic E-state index is 4.54. The summed E-state index contributed by atoms with van der Waals surface area (Å²) in [7, 11) is 1.99. The minimum Gasteiger partial charge on any atom is -0.334 e. The standard InChI is InChI=1S/C17H19N3/c1-3-20-12-11-19-17(20)16(18-2)15-10-6-8-13-7-4-5-9-14(13)15/h4-12,16,18H,3H2,1-2H3. The van der Waals surface area contributed by atoms with Crippen LogP contribution in [0.5, 0.6) is 0 Å². The van der Waals surface area contributed by atoms with Crippen LogP contribution in [0.15, 0.2) is 54.9 Å². The molecular weight excluding hydrogens is 246 g/mol. The van der Waals surface area contributed by atoms with Gasteiger partial charge in [0.05, 0.1) is 6.04 Å². The Hall–Kier alpha value is -2.13. The zero-order chi connectivity index (χ0) is 13.9. The van der Waals surface area contributed by atoms with E-state index in [2.05, 4.69) is 64.3 Å². The van der Waals surface area contributed by atoms with E-state index in [9.17, 15) is 0 Å². The number of hydrogen-bond acceptors (Lipinski definition) is 2. The lowest BCUT2D eigenvalue weighted by atomic mass is 9.98. The third kappa shape index (κ3) is 2.10. The van der Waals surface area contributed by atoms with Crippen molar-refractivity contribution < 1.29 is 0 Å². The molecule has 1 N–H and O–H groups in total. The van der Waals surface area contributed by atoms with Crippen molar-refractivity contribution in [2.75, 3.05) is 7.05 Å². The summed E-state index contributed by atoms with van der Waals surface area (Å²) >= 11 is 0. The number of aryl methyl sites for hydroxylation is 1. The topological polar surface area (TPSA) is 29.9 Å². The zero-order valence-corrected chi connectivity index (χ0v) is 11.9. The normalized spacial score (nSPS) is 12.7. The van der Waals surface area contributed by atoms with Crippen molar-refractivity contribution >= 4 is 10.8 Å². The highest BCUT2D eigenvalue weighted by atomic mass is 15.1. The molecule has 0 spiro atoms. The molecular formula is C17H19N3. The Morgan fingerprint density at radius 1 is 1.15 bits per heavy atom. The zero-order valence-electron chi connectivity index (χ0n) is 11.9. The Bertz CT molecular complexity index is 710. The Morgan fingerprint density at radius 3 is 2.75 bits per heavy atom. The van der Waals surface area contributed by atoms with Crippen molar-refractivity contribution in [1.82, 2.24) is 14.9 Å². The van der Waals surface area contributed by atoms with Gasteiger partial charge >= 0.3 is 0 Å². The molecule has 0 saturated heterocycles. The summed E-state index contributed by atoms with van der Waals surface area (Å²) < 4.78 is 2.18.